The smallest absolute Gasteiger partial charge is 0.420 e. The number of nitrogens with two attached hydrogens (primary N) is 1. The molecule has 0 unspecified atom stereocenters. The molecule has 2 aromatic rings. The Hall–Kier alpha value is -1.89. The van der Waals surface area contributed by atoms with Crippen molar-refractivity contribution < 1.29 is 17.9 Å². The van der Waals surface area contributed by atoms with Crippen molar-refractivity contribution in [3.05, 3.63) is 28.8 Å². The Bertz CT molecular complexity index is 633. The summed E-state index contributed by atoms with van der Waals surface area (Å²) in [4.78, 5) is 0. The van der Waals surface area contributed by atoms with Gasteiger partial charge in [-0.05, 0) is 12.1 Å². The van der Waals surface area contributed by atoms with Crippen LogP contribution in [0.2, 0.25) is 5.02 Å². The minimum atomic E-state index is -4.58. The maximum Gasteiger partial charge on any atom is 0.420 e. The summed E-state index contributed by atoms with van der Waals surface area (Å²) in [6, 6.07) is 3.77. The third kappa shape index (κ3) is 2.53. The van der Waals surface area contributed by atoms with Crippen LogP contribution < -0.4 is 10.5 Å². The van der Waals surface area contributed by atoms with E-state index in [0.717, 1.165) is 13.2 Å². The van der Waals surface area contributed by atoms with E-state index in [2.05, 4.69) is 5.10 Å². The molecule has 108 valence electrons. The highest BCUT2D eigenvalue weighted by atomic mass is 35.5. The number of hydrogen-bond acceptors (Lipinski definition) is 3. The van der Waals surface area contributed by atoms with Crippen molar-refractivity contribution in [1.82, 2.24) is 9.78 Å². The molecule has 0 aliphatic heterocycles. The fourth-order valence-electron chi connectivity index (χ4n) is 1.78. The van der Waals surface area contributed by atoms with E-state index in [1.54, 1.807) is 7.05 Å². The minimum absolute atomic E-state index is 0.137. The lowest BCUT2D eigenvalue weighted by molar-refractivity contribution is -0.138. The summed E-state index contributed by atoms with van der Waals surface area (Å²) in [5.74, 6) is -0.0766. The van der Waals surface area contributed by atoms with E-state index in [9.17, 15) is 13.2 Å². The van der Waals surface area contributed by atoms with Crippen LogP contribution in [0.4, 0.5) is 19.0 Å². The fraction of sp³-hybridized carbons (Fsp3) is 0.250. The van der Waals surface area contributed by atoms with Gasteiger partial charge in [-0.15, -0.1) is 0 Å². The van der Waals surface area contributed by atoms with Crippen LogP contribution in [0.1, 0.15) is 5.56 Å². The van der Waals surface area contributed by atoms with Gasteiger partial charge in [-0.25, -0.2) is 0 Å². The first kappa shape index (κ1) is 14.5. The van der Waals surface area contributed by atoms with Crippen molar-refractivity contribution in [3.63, 3.8) is 0 Å². The van der Waals surface area contributed by atoms with Gasteiger partial charge in [-0.3, -0.25) is 4.68 Å². The summed E-state index contributed by atoms with van der Waals surface area (Å²) in [5.41, 5.74) is 5.19. The van der Waals surface area contributed by atoms with E-state index in [0.29, 0.717) is 11.5 Å². The Morgan fingerprint density at radius 2 is 1.95 bits per heavy atom. The molecule has 8 heteroatoms. The first-order valence-electron chi connectivity index (χ1n) is 5.48. The number of alkyl halides is 3. The number of methoxy groups -OCH3 is 1. The normalized spacial score (nSPS) is 11.7. The molecule has 0 fully saturated rings. The molecule has 1 heterocycles. The number of ether oxygens (including phenoxy) is 1. The average molecular weight is 306 g/mol. The molecular formula is C12H11ClF3N3O. The number of nitrogens with zero attached hydrogens (tertiary/aromatic N) is 2. The third-order valence-electron chi connectivity index (χ3n) is 2.76. The van der Waals surface area contributed by atoms with Gasteiger partial charge in [0, 0.05) is 18.7 Å². The van der Waals surface area contributed by atoms with Crippen molar-refractivity contribution in [2.45, 2.75) is 6.18 Å². The Morgan fingerprint density at radius 1 is 1.30 bits per heavy atom. The van der Waals surface area contributed by atoms with Crippen LogP contribution in [0.15, 0.2) is 18.2 Å². The highest BCUT2D eigenvalue weighted by Gasteiger charge is 2.36. The van der Waals surface area contributed by atoms with E-state index in [4.69, 9.17) is 22.1 Å². The topological polar surface area (TPSA) is 53.1 Å². The molecule has 2 rings (SSSR count). The Balaban J connectivity index is 2.65. The zero-order valence-corrected chi connectivity index (χ0v) is 11.4. The predicted molar refractivity (Wildman–Crippen MR) is 69.6 cm³/mol. The third-order valence-corrected chi connectivity index (χ3v) is 3.05. The molecule has 0 saturated heterocycles. The molecule has 0 saturated carbocycles. The zero-order chi connectivity index (χ0) is 15.1. The van der Waals surface area contributed by atoms with Gasteiger partial charge < -0.3 is 10.5 Å². The van der Waals surface area contributed by atoms with E-state index in [1.807, 2.05) is 0 Å². The number of hydrogen-bond donors (Lipinski definition) is 1. The molecule has 20 heavy (non-hydrogen) atoms. The molecular weight excluding hydrogens is 295 g/mol. The van der Waals surface area contributed by atoms with Crippen LogP contribution in [-0.4, -0.2) is 16.9 Å². The molecule has 0 atom stereocenters. The van der Waals surface area contributed by atoms with Gasteiger partial charge in [-0.2, -0.15) is 18.3 Å². The monoisotopic (exact) mass is 305 g/mol. The molecule has 4 nitrogen and oxygen atoms in total. The molecule has 0 radical (unpaired) electrons. The summed E-state index contributed by atoms with van der Waals surface area (Å²) in [6.45, 7) is 0. The summed E-state index contributed by atoms with van der Waals surface area (Å²) >= 11 is 5.85. The van der Waals surface area contributed by atoms with E-state index < -0.39 is 17.5 Å². The van der Waals surface area contributed by atoms with Crippen molar-refractivity contribution >= 4 is 17.4 Å². The number of aryl methyl sites for hydroxylation is 1. The van der Waals surface area contributed by atoms with Crippen LogP contribution in [-0.2, 0) is 13.2 Å². The molecule has 0 bridgehead atoms. The van der Waals surface area contributed by atoms with E-state index in [1.165, 1.54) is 16.8 Å². The summed E-state index contributed by atoms with van der Waals surface area (Å²) < 4.78 is 45.1. The van der Waals surface area contributed by atoms with Gasteiger partial charge in [0.25, 0.3) is 0 Å². The highest BCUT2D eigenvalue weighted by molar-refractivity contribution is 6.32. The summed E-state index contributed by atoms with van der Waals surface area (Å²) in [5, 5.41) is 3.89. The molecule has 1 aromatic heterocycles. The fourth-order valence-corrected chi connectivity index (χ4v) is 2.08. The first-order valence-corrected chi connectivity index (χ1v) is 5.86. The molecule has 0 amide bonds. The van der Waals surface area contributed by atoms with Crippen LogP contribution in [0.5, 0.6) is 5.75 Å². The molecule has 1 aromatic carbocycles. The SMILES string of the molecule is COc1c(Cl)cc(-c2cc(N)n(C)n2)cc1C(F)(F)F. The minimum Gasteiger partial charge on any atom is -0.495 e. The van der Waals surface area contributed by atoms with Gasteiger partial charge in [0.2, 0.25) is 0 Å². The number of benzene rings is 1. The van der Waals surface area contributed by atoms with Crippen molar-refractivity contribution in [3.8, 4) is 17.0 Å². The molecule has 0 aliphatic carbocycles. The largest absolute Gasteiger partial charge is 0.495 e. The number of rotatable bonds is 2. The van der Waals surface area contributed by atoms with E-state index >= 15 is 0 Å². The number of halogens is 4. The first-order chi connectivity index (χ1) is 9.24. The number of nitrogen functional groups attached to an aromatic ring is 1. The van der Waals surface area contributed by atoms with Crippen LogP contribution in [0.3, 0.4) is 0 Å². The lowest BCUT2D eigenvalue weighted by Gasteiger charge is -2.14. The summed E-state index contributed by atoms with van der Waals surface area (Å²) in [7, 11) is 2.73. The second kappa shape index (κ2) is 4.90. The average Bonchev–Trinajstić information content (AvgIpc) is 2.67. The van der Waals surface area contributed by atoms with E-state index in [-0.39, 0.29) is 10.6 Å². The quantitative estimate of drug-likeness (QED) is 0.925. The van der Waals surface area contributed by atoms with Crippen molar-refractivity contribution in [1.29, 1.82) is 0 Å². The van der Waals surface area contributed by atoms with Crippen LogP contribution in [0, 0.1) is 0 Å². The number of anilines is 1. The maximum atomic E-state index is 13.0. The predicted octanol–water partition coefficient (Wildman–Crippen LogP) is 3.35. The van der Waals surface area contributed by atoms with Crippen LogP contribution in [0.25, 0.3) is 11.3 Å². The highest BCUT2D eigenvalue weighted by Crippen LogP contribution is 2.42. The number of aromatic nitrogens is 2. The van der Waals surface area contributed by atoms with Gasteiger partial charge in [-0.1, -0.05) is 11.6 Å². The lowest BCUT2D eigenvalue weighted by Crippen LogP contribution is -2.08. The zero-order valence-electron chi connectivity index (χ0n) is 10.6. The molecule has 0 spiro atoms. The van der Waals surface area contributed by atoms with Gasteiger partial charge in [0.1, 0.15) is 11.6 Å². The lowest BCUT2D eigenvalue weighted by atomic mass is 10.1. The molecule has 2 N–H and O–H groups in total. The second-order valence-corrected chi connectivity index (χ2v) is 4.52. The van der Waals surface area contributed by atoms with Crippen molar-refractivity contribution in [2.24, 2.45) is 7.05 Å². The van der Waals surface area contributed by atoms with Gasteiger partial charge in [0.15, 0.2) is 0 Å². The second-order valence-electron chi connectivity index (χ2n) is 4.11. The maximum absolute atomic E-state index is 13.0. The Morgan fingerprint density at radius 3 is 2.40 bits per heavy atom. The van der Waals surface area contributed by atoms with Crippen molar-refractivity contribution in [2.75, 3.05) is 12.8 Å². The van der Waals surface area contributed by atoms with Crippen LogP contribution >= 0.6 is 11.6 Å². The summed E-state index contributed by atoms with van der Waals surface area (Å²) in [6.07, 6.45) is -4.58. The standard InChI is InChI=1S/C12H11ClF3N3O/c1-19-10(17)5-9(18-19)6-3-7(12(14,15)16)11(20-2)8(13)4-6/h3-5H,17H2,1-2H3. The Kier molecular flexibility index (Phi) is 3.56. The Labute approximate surface area is 117 Å². The van der Waals surface area contributed by atoms with Gasteiger partial charge in [0.05, 0.1) is 23.4 Å². The molecule has 0 aliphatic rings. The van der Waals surface area contributed by atoms with Gasteiger partial charge >= 0.3 is 6.18 Å².